The van der Waals surface area contributed by atoms with Crippen molar-refractivity contribution < 1.29 is 19.4 Å². The molecule has 0 bridgehead atoms. The molecule has 1 amide bonds. The molecule has 0 spiro atoms. The van der Waals surface area contributed by atoms with Gasteiger partial charge in [0.2, 0.25) is 11.7 Å². The number of aliphatic imine (C=N–C) groups is 1. The Morgan fingerprint density at radius 3 is 2.29 bits per heavy atom. The summed E-state index contributed by atoms with van der Waals surface area (Å²) < 4.78 is 10.3. The first kappa shape index (κ1) is 24.2. The zero-order chi connectivity index (χ0) is 24.8. The Balaban J connectivity index is 1.34. The summed E-state index contributed by atoms with van der Waals surface area (Å²) >= 11 is 1.56. The quantitative estimate of drug-likeness (QED) is 0.295. The number of benzene rings is 2. The third kappa shape index (κ3) is 5.75. The topological polar surface area (TPSA) is 101 Å². The SMILES string of the molecule is COc1cc(C=CC(=O)N2CCN(c3ccc(N=C(N)c4cccs4)cc3)CC2)cc(OC)c1O. The summed E-state index contributed by atoms with van der Waals surface area (Å²) in [5.74, 6) is 0.953. The van der Waals surface area contributed by atoms with E-state index >= 15 is 0 Å². The molecule has 0 atom stereocenters. The molecule has 1 aliphatic rings. The van der Waals surface area contributed by atoms with Gasteiger partial charge < -0.3 is 30.1 Å². The molecule has 2 heterocycles. The highest BCUT2D eigenvalue weighted by Gasteiger charge is 2.20. The average molecular weight is 493 g/mol. The van der Waals surface area contributed by atoms with Gasteiger partial charge in [-0.3, -0.25) is 4.79 Å². The minimum atomic E-state index is -0.0691. The maximum atomic E-state index is 12.7. The van der Waals surface area contributed by atoms with Crippen molar-refractivity contribution in [2.24, 2.45) is 10.7 Å². The van der Waals surface area contributed by atoms with Crippen LogP contribution in [-0.2, 0) is 4.79 Å². The van der Waals surface area contributed by atoms with Crippen molar-refractivity contribution in [3.05, 3.63) is 70.4 Å². The number of aromatic hydroxyl groups is 1. The van der Waals surface area contributed by atoms with E-state index in [4.69, 9.17) is 15.2 Å². The van der Waals surface area contributed by atoms with Crippen molar-refractivity contribution in [3.63, 3.8) is 0 Å². The van der Waals surface area contributed by atoms with Gasteiger partial charge in [0.25, 0.3) is 0 Å². The van der Waals surface area contributed by atoms with Crippen molar-refractivity contribution in [2.45, 2.75) is 0 Å². The number of piperazine rings is 1. The lowest BCUT2D eigenvalue weighted by Gasteiger charge is -2.35. The molecule has 4 rings (SSSR count). The fraction of sp³-hybridized carbons (Fsp3) is 0.231. The second kappa shape index (κ2) is 11.0. The first-order valence-corrected chi connectivity index (χ1v) is 12.0. The molecule has 1 aliphatic heterocycles. The van der Waals surface area contributed by atoms with Crippen LogP contribution in [-0.4, -0.2) is 62.1 Å². The smallest absolute Gasteiger partial charge is 0.246 e. The Kier molecular flexibility index (Phi) is 7.57. The number of ether oxygens (including phenoxy) is 2. The van der Waals surface area contributed by atoms with Crippen LogP contribution in [0, 0.1) is 0 Å². The first-order valence-electron chi connectivity index (χ1n) is 11.1. The fourth-order valence-electron chi connectivity index (χ4n) is 3.82. The minimum absolute atomic E-state index is 0.0654. The number of carbonyl (C=O) groups is 1. The highest BCUT2D eigenvalue weighted by Crippen LogP contribution is 2.37. The summed E-state index contributed by atoms with van der Waals surface area (Å²) in [6.45, 7) is 2.72. The molecule has 182 valence electrons. The van der Waals surface area contributed by atoms with Crippen LogP contribution in [0.4, 0.5) is 11.4 Å². The molecule has 0 saturated carbocycles. The van der Waals surface area contributed by atoms with E-state index in [0.29, 0.717) is 24.5 Å². The van der Waals surface area contributed by atoms with Gasteiger partial charge in [0.15, 0.2) is 11.5 Å². The standard InChI is InChI=1S/C26H28N4O4S/c1-33-21-16-18(17-22(34-2)25(21)32)5-10-24(31)30-13-11-29(12-14-30)20-8-6-19(7-9-20)28-26(27)23-4-3-15-35-23/h3-10,15-17,32H,11-14H2,1-2H3,(H2,27,28). The Hall–Kier alpha value is -3.98. The number of hydrogen-bond donors (Lipinski definition) is 2. The number of methoxy groups -OCH3 is 2. The molecule has 1 aromatic heterocycles. The van der Waals surface area contributed by atoms with Crippen LogP contribution in [0.3, 0.4) is 0 Å². The number of carbonyl (C=O) groups excluding carboxylic acids is 1. The van der Waals surface area contributed by atoms with E-state index in [1.807, 2.05) is 46.7 Å². The maximum absolute atomic E-state index is 12.7. The van der Waals surface area contributed by atoms with Crippen LogP contribution in [0.25, 0.3) is 6.08 Å². The fourth-order valence-corrected chi connectivity index (χ4v) is 4.45. The predicted octanol–water partition coefficient (Wildman–Crippen LogP) is 3.87. The second-order valence-corrected chi connectivity index (χ2v) is 8.86. The highest BCUT2D eigenvalue weighted by atomic mass is 32.1. The Morgan fingerprint density at radius 2 is 1.71 bits per heavy atom. The number of nitrogens with two attached hydrogens (primary N) is 1. The van der Waals surface area contributed by atoms with E-state index in [1.54, 1.807) is 29.5 Å². The summed E-state index contributed by atoms with van der Waals surface area (Å²) in [6.07, 6.45) is 3.23. The minimum Gasteiger partial charge on any atom is -0.502 e. The molecule has 0 radical (unpaired) electrons. The van der Waals surface area contributed by atoms with Crippen LogP contribution < -0.4 is 20.1 Å². The summed E-state index contributed by atoms with van der Waals surface area (Å²) in [5.41, 5.74) is 8.67. The summed E-state index contributed by atoms with van der Waals surface area (Å²) in [7, 11) is 2.93. The highest BCUT2D eigenvalue weighted by molar-refractivity contribution is 7.12. The van der Waals surface area contributed by atoms with Crippen LogP contribution in [0.1, 0.15) is 10.4 Å². The Bertz CT molecular complexity index is 1190. The van der Waals surface area contributed by atoms with Crippen molar-refractivity contribution >= 4 is 40.5 Å². The molecule has 3 N–H and O–H groups in total. The number of phenols is 1. The molecule has 1 saturated heterocycles. The van der Waals surface area contributed by atoms with E-state index in [1.165, 1.54) is 20.3 Å². The lowest BCUT2D eigenvalue weighted by atomic mass is 10.1. The number of nitrogens with zero attached hydrogens (tertiary/aromatic N) is 3. The third-order valence-corrected chi connectivity index (χ3v) is 6.64. The van der Waals surface area contributed by atoms with Gasteiger partial charge in [-0.25, -0.2) is 4.99 Å². The normalized spacial score (nSPS) is 14.4. The van der Waals surface area contributed by atoms with Gasteiger partial charge in [-0.2, -0.15) is 0 Å². The zero-order valence-corrected chi connectivity index (χ0v) is 20.5. The van der Waals surface area contributed by atoms with Crippen LogP contribution >= 0.6 is 11.3 Å². The van der Waals surface area contributed by atoms with E-state index in [2.05, 4.69) is 9.89 Å². The van der Waals surface area contributed by atoms with Crippen LogP contribution in [0.5, 0.6) is 17.2 Å². The molecule has 3 aromatic rings. The zero-order valence-electron chi connectivity index (χ0n) is 19.7. The lowest BCUT2D eigenvalue weighted by molar-refractivity contribution is -0.126. The van der Waals surface area contributed by atoms with Gasteiger partial charge in [-0.15, -0.1) is 11.3 Å². The molecule has 0 unspecified atom stereocenters. The van der Waals surface area contributed by atoms with Gasteiger partial charge in [-0.1, -0.05) is 6.07 Å². The van der Waals surface area contributed by atoms with Gasteiger partial charge in [0.1, 0.15) is 5.84 Å². The van der Waals surface area contributed by atoms with Crippen molar-refractivity contribution in [1.29, 1.82) is 0 Å². The molecule has 1 fully saturated rings. The summed E-state index contributed by atoms with van der Waals surface area (Å²) in [6, 6.07) is 15.2. The van der Waals surface area contributed by atoms with Crippen LogP contribution in [0.15, 0.2) is 65.0 Å². The van der Waals surface area contributed by atoms with Gasteiger partial charge >= 0.3 is 0 Å². The van der Waals surface area contributed by atoms with Crippen molar-refractivity contribution in [1.82, 2.24) is 4.90 Å². The number of hydrogen-bond acceptors (Lipinski definition) is 7. The number of phenolic OH excluding ortho intramolecular Hbond substituents is 1. The van der Waals surface area contributed by atoms with Crippen LogP contribution in [0.2, 0.25) is 0 Å². The summed E-state index contributed by atoms with van der Waals surface area (Å²) in [5, 5.41) is 12.0. The predicted molar refractivity (Wildman–Crippen MR) is 140 cm³/mol. The Morgan fingerprint density at radius 1 is 1.06 bits per heavy atom. The molecule has 9 heteroatoms. The molecular weight excluding hydrogens is 464 g/mol. The monoisotopic (exact) mass is 492 g/mol. The van der Waals surface area contributed by atoms with Crippen molar-refractivity contribution in [2.75, 3.05) is 45.3 Å². The maximum Gasteiger partial charge on any atom is 0.246 e. The van der Waals surface area contributed by atoms with E-state index in [0.717, 1.165) is 29.3 Å². The molecule has 35 heavy (non-hydrogen) atoms. The van der Waals surface area contributed by atoms with Crippen molar-refractivity contribution in [3.8, 4) is 17.2 Å². The number of amidine groups is 1. The molecule has 2 aromatic carbocycles. The average Bonchev–Trinajstić information content (AvgIpc) is 3.44. The van der Waals surface area contributed by atoms with Gasteiger partial charge in [0, 0.05) is 37.9 Å². The Labute approximate surface area is 208 Å². The number of anilines is 1. The number of rotatable bonds is 7. The van der Waals surface area contributed by atoms with Gasteiger partial charge in [0.05, 0.1) is 24.8 Å². The second-order valence-electron chi connectivity index (χ2n) is 7.91. The largest absolute Gasteiger partial charge is 0.502 e. The van der Waals surface area contributed by atoms with Gasteiger partial charge in [-0.05, 0) is 59.5 Å². The lowest BCUT2D eigenvalue weighted by Crippen LogP contribution is -2.48. The third-order valence-electron chi connectivity index (χ3n) is 5.75. The van der Waals surface area contributed by atoms with E-state index in [9.17, 15) is 9.90 Å². The number of amides is 1. The molecule has 8 nitrogen and oxygen atoms in total. The van der Waals surface area contributed by atoms with E-state index in [-0.39, 0.29) is 23.2 Å². The number of thiophene rings is 1. The van der Waals surface area contributed by atoms with E-state index < -0.39 is 0 Å². The summed E-state index contributed by atoms with van der Waals surface area (Å²) in [4.78, 5) is 22.2. The molecule has 0 aliphatic carbocycles. The first-order chi connectivity index (χ1) is 17.0. The molecular formula is C26H28N4O4S.